The van der Waals surface area contributed by atoms with Gasteiger partial charge >= 0.3 is 12.0 Å². The second-order valence-electron chi connectivity index (χ2n) is 5.97. The summed E-state index contributed by atoms with van der Waals surface area (Å²) in [5, 5.41) is 14.9. The quantitative estimate of drug-likeness (QED) is 0.308. The van der Waals surface area contributed by atoms with E-state index in [0.717, 1.165) is 16.5 Å². The number of rotatable bonds is 8. The van der Waals surface area contributed by atoms with E-state index in [9.17, 15) is 14.7 Å². The number of fused-ring (bicyclic) bond motifs is 1. The van der Waals surface area contributed by atoms with Gasteiger partial charge in [0, 0.05) is 5.56 Å². The summed E-state index contributed by atoms with van der Waals surface area (Å²) in [6.07, 6.45) is 0. The van der Waals surface area contributed by atoms with Crippen molar-refractivity contribution in [2.75, 3.05) is 13.2 Å². The number of aliphatic carboxylic acids is 1. The van der Waals surface area contributed by atoms with Gasteiger partial charge in [-0.2, -0.15) is 5.10 Å². The number of amides is 2. The Morgan fingerprint density at radius 1 is 0.897 bits per heavy atom. The first kappa shape index (κ1) is 19.7. The lowest BCUT2D eigenvalue weighted by Gasteiger charge is -2.10. The molecule has 3 aromatic rings. The summed E-state index contributed by atoms with van der Waals surface area (Å²) in [6.45, 7) is 0.666. The van der Waals surface area contributed by atoms with Crippen LogP contribution in [0.4, 0.5) is 4.79 Å². The molecule has 0 heterocycles. The lowest BCUT2D eigenvalue weighted by atomic mass is 10.1. The molecule has 0 aliphatic heterocycles. The van der Waals surface area contributed by atoms with E-state index in [-0.39, 0.29) is 5.71 Å². The van der Waals surface area contributed by atoms with E-state index in [2.05, 4.69) is 5.10 Å². The third-order valence-electron chi connectivity index (χ3n) is 3.95. The Labute approximate surface area is 166 Å². The molecule has 0 radical (unpaired) electrons. The van der Waals surface area contributed by atoms with E-state index in [4.69, 9.17) is 15.2 Å². The first-order chi connectivity index (χ1) is 14.0. The molecule has 0 spiro atoms. The Bertz CT molecular complexity index is 1050. The molecule has 8 nitrogen and oxygen atoms in total. The highest BCUT2D eigenvalue weighted by Crippen LogP contribution is 2.20. The zero-order valence-electron chi connectivity index (χ0n) is 15.4. The van der Waals surface area contributed by atoms with Gasteiger partial charge in [0.05, 0.1) is 0 Å². The normalized spacial score (nSPS) is 11.1. The Kier molecular flexibility index (Phi) is 6.26. The van der Waals surface area contributed by atoms with E-state index >= 15 is 0 Å². The van der Waals surface area contributed by atoms with Gasteiger partial charge in [-0.1, -0.05) is 30.3 Å². The highest BCUT2D eigenvalue weighted by atomic mass is 16.5. The van der Waals surface area contributed by atoms with Crippen molar-refractivity contribution in [1.82, 2.24) is 5.43 Å². The summed E-state index contributed by atoms with van der Waals surface area (Å²) in [5.41, 5.74) is 6.76. The first-order valence-corrected chi connectivity index (χ1v) is 8.74. The Balaban J connectivity index is 1.53. The van der Waals surface area contributed by atoms with Crippen LogP contribution in [0.3, 0.4) is 0 Å². The van der Waals surface area contributed by atoms with Crippen molar-refractivity contribution in [2.45, 2.75) is 0 Å². The molecule has 0 bridgehead atoms. The molecule has 0 aliphatic carbocycles. The lowest BCUT2D eigenvalue weighted by Crippen LogP contribution is -2.28. The van der Waals surface area contributed by atoms with Crippen LogP contribution in [-0.4, -0.2) is 36.0 Å². The molecule has 0 saturated heterocycles. The van der Waals surface area contributed by atoms with Crippen molar-refractivity contribution in [3.8, 4) is 11.5 Å². The van der Waals surface area contributed by atoms with Gasteiger partial charge in [0.1, 0.15) is 24.7 Å². The summed E-state index contributed by atoms with van der Waals surface area (Å²) >= 11 is 0. The maximum absolute atomic E-state index is 11.3. The molecule has 148 valence electrons. The first-order valence-electron chi connectivity index (χ1n) is 8.74. The minimum atomic E-state index is -1.30. The predicted octanol–water partition coefficient (Wildman–Crippen LogP) is 2.75. The van der Waals surface area contributed by atoms with Gasteiger partial charge in [-0.25, -0.2) is 15.0 Å². The standard InChI is InChI=1S/C21H19N3O5/c22-21(27)24-23-19(20(25)26)15-6-8-17(9-7-15)28-11-12-29-18-10-5-14-3-1-2-4-16(14)13-18/h1-10,13H,11-12H2,(H,25,26)(H3,22,24,27). The largest absolute Gasteiger partial charge is 0.490 e. The number of nitrogens with one attached hydrogen (secondary N) is 1. The van der Waals surface area contributed by atoms with E-state index in [1.54, 1.807) is 12.1 Å². The highest BCUT2D eigenvalue weighted by molar-refractivity contribution is 6.42. The van der Waals surface area contributed by atoms with Crippen LogP contribution < -0.4 is 20.6 Å². The monoisotopic (exact) mass is 393 g/mol. The van der Waals surface area contributed by atoms with Gasteiger partial charge in [0.25, 0.3) is 0 Å². The van der Waals surface area contributed by atoms with Crippen molar-refractivity contribution in [1.29, 1.82) is 0 Å². The third kappa shape index (κ3) is 5.46. The minimum absolute atomic E-state index is 0.297. The second kappa shape index (κ2) is 9.23. The van der Waals surface area contributed by atoms with Gasteiger partial charge < -0.3 is 20.3 Å². The number of primary amides is 1. The van der Waals surface area contributed by atoms with E-state index in [1.165, 1.54) is 12.1 Å². The zero-order chi connectivity index (χ0) is 20.6. The number of carboxylic acids is 1. The van der Waals surface area contributed by atoms with Crippen molar-refractivity contribution in [3.05, 3.63) is 72.3 Å². The van der Waals surface area contributed by atoms with Gasteiger partial charge in [-0.3, -0.25) is 0 Å². The fourth-order valence-electron chi connectivity index (χ4n) is 2.63. The summed E-state index contributed by atoms with van der Waals surface area (Å²) in [5.74, 6) is 0.00609. The third-order valence-corrected chi connectivity index (χ3v) is 3.95. The molecule has 0 saturated carbocycles. The summed E-state index contributed by atoms with van der Waals surface area (Å²) < 4.78 is 11.3. The van der Waals surface area contributed by atoms with Crippen LogP contribution in [0.2, 0.25) is 0 Å². The number of ether oxygens (including phenoxy) is 2. The number of hydrogen-bond donors (Lipinski definition) is 3. The fraction of sp³-hybridized carbons (Fsp3) is 0.0952. The molecule has 0 fully saturated rings. The van der Waals surface area contributed by atoms with E-state index in [1.807, 2.05) is 47.9 Å². The molecule has 3 aromatic carbocycles. The van der Waals surface area contributed by atoms with Crippen LogP contribution in [0, 0.1) is 0 Å². The molecule has 2 amide bonds. The molecule has 0 atom stereocenters. The number of carbonyl (C=O) groups is 2. The van der Waals surface area contributed by atoms with Gasteiger partial charge in [0.15, 0.2) is 5.71 Å². The van der Waals surface area contributed by atoms with Crippen LogP contribution in [0.1, 0.15) is 5.56 Å². The molecule has 8 heteroatoms. The Morgan fingerprint density at radius 2 is 1.52 bits per heavy atom. The molecule has 29 heavy (non-hydrogen) atoms. The number of urea groups is 1. The lowest BCUT2D eigenvalue weighted by molar-refractivity contribution is -0.129. The topological polar surface area (TPSA) is 123 Å². The number of hydrazone groups is 1. The molecular formula is C21H19N3O5. The summed E-state index contributed by atoms with van der Waals surface area (Å²) in [7, 11) is 0. The number of nitrogens with two attached hydrogens (primary N) is 1. The Morgan fingerprint density at radius 3 is 2.17 bits per heavy atom. The van der Waals surface area contributed by atoms with E-state index in [0.29, 0.717) is 24.5 Å². The zero-order valence-corrected chi connectivity index (χ0v) is 15.4. The minimum Gasteiger partial charge on any atom is -0.490 e. The smallest absolute Gasteiger partial charge is 0.356 e. The van der Waals surface area contributed by atoms with Crippen LogP contribution >= 0.6 is 0 Å². The number of carboxylic acid groups (broad SMARTS) is 1. The molecule has 0 aliphatic rings. The fourth-order valence-corrected chi connectivity index (χ4v) is 2.63. The van der Waals surface area contributed by atoms with E-state index < -0.39 is 12.0 Å². The van der Waals surface area contributed by atoms with Gasteiger partial charge in [-0.05, 0) is 47.2 Å². The SMILES string of the molecule is NC(=O)NN=C(C(=O)O)c1ccc(OCCOc2ccc3ccccc3c2)cc1. The maximum Gasteiger partial charge on any atom is 0.356 e. The number of nitrogens with zero attached hydrogens (tertiary/aromatic N) is 1. The van der Waals surface area contributed by atoms with Crippen LogP contribution in [0.15, 0.2) is 71.8 Å². The van der Waals surface area contributed by atoms with Gasteiger partial charge in [0.2, 0.25) is 0 Å². The average molecular weight is 393 g/mol. The molecular weight excluding hydrogens is 374 g/mol. The number of hydrogen-bond acceptors (Lipinski definition) is 5. The summed E-state index contributed by atoms with van der Waals surface area (Å²) in [4.78, 5) is 22.0. The van der Waals surface area contributed by atoms with Crippen molar-refractivity contribution < 1.29 is 24.2 Å². The van der Waals surface area contributed by atoms with Crippen molar-refractivity contribution in [2.24, 2.45) is 10.8 Å². The van der Waals surface area contributed by atoms with Crippen LogP contribution in [0.5, 0.6) is 11.5 Å². The maximum atomic E-state index is 11.3. The molecule has 4 N–H and O–H groups in total. The highest BCUT2D eigenvalue weighted by Gasteiger charge is 2.13. The number of carbonyl (C=O) groups excluding carboxylic acids is 1. The molecule has 3 rings (SSSR count). The molecule has 0 aromatic heterocycles. The number of benzene rings is 3. The van der Waals surface area contributed by atoms with Crippen LogP contribution in [-0.2, 0) is 4.79 Å². The Hall–Kier alpha value is -4.07. The van der Waals surface area contributed by atoms with Crippen molar-refractivity contribution >= 4 is 28.5 Å². The average Bonchev–Trinajstić information content (AvgIpc) is 2.72. The van der Waals surface area contributed by atoms with Crippen molar-refractivity contribution in [3.63, 3.8) is 0 Å². The predicted molar refractivity (Wildman–Crippen MR) is 108 cm³/mol. The molecule has 0 unspecified atom stereocenters. The van der Waals surface area contributed by atoms with Gasteiger partial charge in [-0.15, -0.1) is 0 Å². The second-order valence-corrected chi connectivity index (χ2v) is 5.97. The summed E-state index contributed by atoms with van der Waals surface area (Å²) in [6, 6.07) is 19.2. The van der Waals surface area contributed by atoms with Crippen LogP contribution in [0.25, 0.3) is 10.8 Å².